The minimum absolute atomic E-state index is 0.500. The van der Waals surface area contributed by atoms with Gasteiger partial charge in [0.15, 0.2) is 0 Å². The van der Waals surface area contributed by atoms with E-state index in [2.05, 4.69) is 192 Å². The fourth-order valence-corrected chi connectivity index (χ4v) is 11.0. The zero-order valence-corrected chi connectivity index (χ0v) is 34.4. The van der Waals surface area contributed by atoms with Gasteiger partial charge in [0, 0.05) is 33.5 Å². The molecule has 0 aliphatic heterocycles. The molecule has 60 heavy (non-hydrogen) atoms. The van der Waals surface area contributed by atoms with Gasteiger partial charge in [-0.2, -0.15) is 0 Å². The van der Waals surface area contributed by atoms with Crippen LogP contribution in [-0.4, -0.2) is 0 Å². The number of anilines is 6. The maximum atomic E-state index is 2.59. The summed E-state index contributed by atoms with van der Waals surface area (Å²) in [6.45, 7) is 0. The molecule has 2 aliphatic carbocycles. The van der Waals surface area contributed by atoms with Gasteiger partial charge in [-0.05, 0) is 142 Å². The number of nitrogens with zero attached hydrogens (tertiary/aromatic N) is 2. The Balaban J connectivity index is 1.21. The van der Waals surface area contributed by atoms with Crippen LogP contribution < -0.4 is 9.80 Å². The first kappa shape index (κ1) is 36.7. The molecule has 0 radical (unpaired) electrons. The van der Waals surface area contributed by atoms with Crippen molar-refractivity contribution in [1.29, 1.82) is 0 Å². The summed E-state index contributed by atoms with van der Waals surface area (Å²) in [5.74, 6) is 1.05. The van der Waals surface area contributed by atoms with Crippen LogP contribution >= 0.6 is 0 Å². The standard InChI is InChI=1S/C58H52N2/c1-5-21-43(22-6-1)57-51-37-35-47(59(45-27-9-3-10-28-45)55-33-17-25-41-19-13-15-31-49(41)55)39-53(51)58(44-23-7-2-8-24-44)54-40-48(36-38-52(54)57)60(46-29-11-4-12-30-46)56-34-18-26-42-20-14-16-32-50(42)56/h3-4,9-20,25-40,43-44H,1-2,5-8,21-24H2. The van der Waals surface area contributed by atoms with E-state index in [4.69, 9.17) is 0 Å². The Hall–Kier alpha value is -6.38. The molecule has 0 spiro atoms. The normalized spacial score (nSPS) is 15.2. The van der Waals surface area contributed by atoms with Crippen LogP contribution in [0.1, 0.15) is 87.2 Å². The highest BCUT2D eigenvalue weighted by molar-refractivity contribution is 6.10. The number of hydrogen-bond acceptors (Lipinski definition) is 2. The van der Waals surface area contributed by atoms with E-state index in [-0.39, 0.29) is 0 Å². The highest BCUT2D eigenvalue weighted by Gasteiger charge is 2.29. The first-order chi connectivity index (χ1) is 29.8. The second kappa shape index (κ2) is 16.0. The Labute approximate surface area is 354 Å². The number of rotatable bonds is 8. The number of fused-ring (bicyclic) bond motifs is 4. The van der Waals surface area contributed by atoms with Gasteiger partial charge < -0.3 is 9.80 Å². The minimum atomic E-state index is 0.500. The van der Waals surface area contributed by atoms with Crippen molar-refractivity contribution in [2.24, 2.45) is 0 Å². The molecular formula is C58H52N2. The molecule has 0 heterocycles. The molecule has 2 nitrogen and oxygen atoms in total. The predicted octanol–water partition coefficient (Wildman–Crippen LogP) is 17.3. The Kier molecular flexibility index (Phi) is 9.78. The Morgan fingerprint density at radius 2 is 0.667 bits per heavy atom. The molecule has 0 bridgehead atoms. The van der Waals surface area contributed by atoms with Gasteiger partial charge in [-0.1, -0.05) is 160 Å². The van der Waals surface area contributed by atoms with Crippen molar-refractivity contribution in [1.82, 2.24) is 0 Å². The van der Waals surface area contributed by atoms with E-state index in [1.165, 1.54) is 141 Å². The van der Waals surface area contributed by atoms with Crippen molar-refractivity contribution in [2.75, 3.05) is 9.80 Å². The average molecular weight is 777 g/mol. The second-order valence-electron chi connectivity index (χ2n) is 17.3. The zero-order chi connectivity index (χ0) is 39.8. The Bertz CT molecular complexity index is 2760. The molecule has 9 aromatic rings. The molecule has 294 valence electrons. The van der Waals surface area contributed by atoms with Crippen molar-refractivity contribution in [2.45, 2.75) is 76.0 Å². The van der Waals surface area contributed by atoms with Crippen LogP contribution in [0.2, 0.25) is 0 Å². The molecule has 0 unspecified atom stereocenters. The Morgan fingerprint density at radius 1 is 0.283 bits per heavy atom. The number of para-hydroxylation sites is 2. The lowest BCUT2D eigenvalue weighted by molar-refractivity contribution is 0.445. The highest BCUT2D eigenvalue weighted by Crippen LogP contribution is 2.51. The fourth-order valence-electron chi connectivity index (χ4n) is 11.0. The number of hydrogen-bond donors (Lipinski definition) is 0. The summed E-state index contributed by atoms with van der Waals surface area (Å²) in [5, 5.41) is 10.9. The van der Waals surface area contributed by atoms with Crippen LogP contribution in [0.4, 0.5) is 34.1 Å². The molecule has 0 amide bonds. The summed E-state index contributed by atoms with van der Waals surface area (Å²) in [6, 6.07) is 68.2. The maximum absolute atomic E-state index is 2.59. The van der Waals surface area contributed by atoms with Gasteiger partial charge >= 0.3 is 0 Å². The van der Waals surface area contributed by atoms with Gasteiger partial charge in [0.05, 0.1) is 11.4 Å². The third kappa shape index (κ3) is 6.59. The zero-order valence-electron chi connectivity index (χ0n) is 34.4. The van der Waals surface area contributed by atoms with E-state index < -0.39 is 0 Å². The van der Waals surface area contributed by atoms with E-state index in [9.17, 15) is 0 Å². The van der Waals surface area contributed by atoms with Crippen LogP contribution in [0.3, 0.4) is 0 Å². The topological polar surface area (TPSA) is 6.48 Å². The predicted molar refractivity (Wildman–Crippen MR) is 257 cm³/mol. The van der Waals surface area contributed by atoms with Crippen LogP contribution in [0.15, 0.2) is 182 Å². The lowest BCUT2D eigenvalue weighted by Gasteiger charge is -2.32. The molecule has 2 fully saturated rings. The van der Waals surface area contributed by atoms with E-state index in [1.54, 1.807) is 11.1 Å². The van der Waals surface area contributed by atoms with Crippen molar-refractivity contribution in [3.63, 3.8) is 0 Å². The molecule has 0 atom stereocenters. The summed E-state index contributed by atoms with van der Waals surface area (Å²) in [4.78, 5) is 5.01. The van der Waals surface area contributed by atoms with Crippen molar-refractivity contribution in [3.8, 4) is 0 Å². The van der Waals surface area contributed by atoms with Crippen molar-refractivity contribution >= 4 is 77.2 Å². The summed E-state index contributed by atoms with van der Waals surface area (Å²) in [7, 11) is 0. The van der Waals surface area contributed by atoms with Crippen LogP contribution in [-0.2, 0) is 0 Å². The van der Waals surface area contributed by atoms with E-state index in [0.29, 0.717) is 11.8 Å². The third-order valence-electron chi connectivity index (χ3n) is 13.8. The maximum Gasteiger partial charge on any atom is 0.0540 e. The molecule has 2 heteroatoms. The molecule has 0 aromatic heterocycles. The molecule has 2 saturated carbocycles. The minimum Gasteiger partial charge on any atom is -0.310 e. The molecule has 0 saturated heterocycles. The van der Waals surface area contributed by atoms with Gasteiger partial charge in [-0.15, -0.1) is 0 Å². The quantitative estimate of drug-likeness (QED) is 0.142. The summed E-state index contributed by atoms with van der Waals surface area (Å²) >= 11 is 0. The smallest absolute Gasteiger partial charge is 0.0540 e. The van der Waals surface area contributed by atoms with E-state index in [1.807, 2.05) is 0 Å². The summed E-state index contributed by atoms with van der Waals surface area (Å²) < 4.78 is 0. The number of benzene rings is 9. The SMILES string of the molecule is c1ccc(N(c2ccc3c(C4CCCCC4)c4ccc(N(c5ccccc5)c5cccc6ccccc56)cc4c(C4CCCCC4)c3c2)c2cccc3ccccc23)cc1. The molecule has 11 rings (SSSR count). The van der Waals surface area contributed by atoms with Crippen LogP contribution in [0, 0.1) is 0 Å². The molecule has 0 N–H and O–H groups in total. The van der Waals surface area contributed by atoms with Gasteiger partial charge in [0.1, 0.15) is 0 Å². The van der Waals surface area contributed by atoms with Crippen LogP contribution in [0.5, 0.6) is 0 Å². The van der Waals surface area contributed by atoms with Crippen LogP contribution in [0.25, 0.3) is 43.1 Å². The average Bonchev–Trinajstić information content (AvgIpc) is 3.32. The van der Waals surface area contributed by atoms with Crippen molar-refractivity contribution < 1.29 is 0 Å². The van der Waals surface area contributed by atoms with E-state index >= 15 is 0 Å². The van der Waals surface area contributed by atoms with E-state index in [0.717, 1.165) is 0 Å². The lowest BCUT2D eigenvalue weighted by Crippen LogP contribution is -2.13. The summed E-state index contributed by atoms with van der Waals surface area (Å²) in [6.07, 6.45) is 12.8. The van der Waals surface area contributed by atoms with Crippen molar-refractivity contribution in [3.05, 3.63) is 193 Å². The Morgan fingerprint density at radius 3 is 1.12 bits per heavy atom. The van der Waals surface area contributed by atoms with Gasteiger partial charge in [0.25, 0.3) is 0 Å². The first-order valence-corrected chi connectivity index (χ1v) is 22.5. The van der Waals surface area contributed by atoms with Gasteiger partial charge in [0.2, 0.25) is 0 Å². The highest BCUT2D eigenvalue weighted by atomic mass is 15.1. The third-order valence-corrected chi connectivity index (χ3v) is 13.8. The second-order valence-corrected chi connectivity index (χ2v) is 17.3. The fraction of sp³-hybridized carbons (Fsp3) is 0.207. The first-order valence-electron chi connectivity index (χ1n) is 22.5. The van der Waals surface area contributed by atoms with Gasteiger partial charge in [-0.25, -0.2) is 0 Å². The largest absolute Gasteiger partial charge is 0.310 e. The molecular weight excluding hydrogens is 725 g/mol. The summed E-state index contributed by atoms with van der Waals surface area (Å²) in [5.41, 5.74) is 10.3. The van der Waals surface area contributed by atoms with Gasteiger partial charge in [-0.3, -0.25) is 0 Å². The molecule has 2 aliphatic rings. The molecule has 9 aromatic carbocycles. The monoisotopic (exact) mass is 776 g/mol. The lowest BCUT2D eigenvalue weighted by atomic mass is 9.74.